The van der Waals surface area contributed by atoms with Crippen molar-refractivity contribution in [3.8, 4) is 0 Å². The Morgan fingerprint density at radius 2 is 2.08 bits per heavy atom. The van der Waals surface area contributed by atoms with Crippen LogP contribution in [0, 0.1) is 5.82 Å². The fraction of sp³-hybridized carbons (Fsp3) is 0.286. The van der Waals surface area contributed by atoms with Gasteiger partial charge in [-0.15, -0.1) is 0 Å². The molecule has 0 aliphatic carbocycles. The topological polar surface area (TPSA) is 33.1 Å². The summed E-state index contributed by atoms with van der Waals surface area (Å²) < 4.78 is 36.8. The summed E-state index contributed by atoms with van der Waals surface area (Å²) in [7, 11) is 0. The van der Waals surface area contributed by atoms with Crippen molar-refractivity contribution < 1.29 is 18.3 Å². The predicted molar refractivity (Wildman–Crippen MR) is 35.1 cm³/mol. The number of rotatable bonds is 2. The van der Waals surface area contributed by atoms with E-state index in [2.05, 4.69) is 4.98 Å². The molecule has 0 radical (unpaired) electrons. The summed E-state index contributed by atoms with van der Waals surface area (Å²) in [5.74, 6) is -1.08. The van der Waals surface area contributed by atoms with E-state index < -0.39 is 24.4 Å². The minimum atomic E-state index is -2.90. The van der Waals surface area contributed by atoms with Crippen LogP contribution in [-0.4, -0.2) is 10.1 Å². The van der Waals surface area contributed by atoms with Crippen LogP contribution in [0.2, 0.25) is 0 Å². The average molecular weight is 177 g/mol. The smallest absolute Gasteiger partial charge is 0.268 e. The SMILES string of the molecule is OCc1cncc(C(F)F)c1F. The highest BCUT2D eigenvalue weighted by Gasteiger charge is 2.15. The van der Waals surface area contributed by atoms with Gasteiger partial charge in [-0.1, -0.05) is 0 Å². The van der Waals surface area contributed by atoms with E-state index in [1.165, 1.54) is 0 Å². The summed E-state index contributed by atoms with van der Waals surface area (Å²) in [6.45, 7) is -0.626. The van der Waals surface area contributed by atoms with Crippen LogP contribution >= 0.6 is 0 Å². The number of pyridine rings is 1. The summed E-state index contributed by atoms with van der Waals surface area (Å²) in [5.41, 5.74) is -0.991. The second-order valence-electron chi connectivity index (χ2n) is 2.16. The zero-order chi connectivity index (χ0) is 9.14. The third-order valence-electron chi connectivity index (χ3n) is 1.38. The predicted octanol–water partition coefficient (Wildman–Crippen LogP) is 1.65. The molecule has 0 aliphatic rings. The van der Waals surface area contributed by atoms with Gasteiger partial charge in [0.05, 0.1) is 12.2 Å². The van der Waals surface area contributed by atoms with Crippen LogP contribution in [0.5, 0.6) is 0 Å². The fourth-order valence-corrected chi connectivity index (χ4v) is 0.769. The van der Waals surface area contributed by atoms with Crippen LogP contribution in [0.15, 0.2) is 12.4 Å². The Kier molecular flexibility index (Phi) is 2.65. The molecule has 1 N–H and O–H groups in total. The highest BCUT2D eigenvalue weighted by Crippen LogP contribution is 2.22. The van der Waals surface area contributed by atoms with E-state index in [1.54, 1.807) is 0 Å². The molecule has 5 heteroatoms. The van der Waals surface area contributed by atoms with Gasteiger partial charge in [-0.05, 0) is 0 Å². The van der Waals surface area contributed by atoms with Crippen molar-refractivity contribution in [1.82, 2.24) is 4.98 Å². The number of alkyl halides is 2. The molecule has 1 rings (SSSR count). The Bertz CT molecular complexity index is 277. The lowest BCUT2D eigenvalue weighted by molar-refractivity contribution is 0.145. The van der Waals surface area contributed by atoms with Crippen LogP contribution in [-0.2, 0) is 6.61 Å². The standard InChI is InChI=1S/C7H6F3NO/c8-6-4(3-12)1-11-2-5(6)7(9)10/h1-2,7,12H,3H2. The van der Waals surface area contributed by atoms with E-state index in [-0.39, 0.29) is 5.56 Å². The van der Waals surface area contributed by atoms with Gasteiger partial charge in [0.25, 0.3) is 6.43 Å². The highest BCUT2D eigenvalue weighted by molar-refractivity contribution is 5.21. The van der Waals surface area contributed by atoms with E-state index in [0.29, 0.717) is 0 Å². The summed E-state index contributed by atoms with van der Waals surface area (Å²) in [6, 6.07) is 0. The van der Waals surface area contributed by atoms with Crippen molar-refractivity contribution in [2.24, 2.45) is 0 Å². The van der Waals surface area contributed by atoms with E-state index in [0.717, 1.165) is 12.4 Å². The van der Waals surface area contributed by atoms with Crippen molar-refractivity contribution >= 4 is 0 Å². The molecule has 2 nitrogen and oxygen atoms in total. The zero-order valence-corrected chi connectivity index (χ0v) is 5.97. The molecule has 0 fully saturated rings. The van der Waals surface area contributed by atoms with Crippen LogP contribution < -0.4 is 0 Å². The maximum Gasteiger partial charge on any atom is 0.268 e. The van der Waals surface area contributed by atoms with E-state index in [4.69, 9.17) is 5.11 Å². The number of halogens is 3. The minimum absolute atomic E-state index is 0.215. The van der Waals surface area contributed by atoms with Gasteiger partial charge < -0.3 is 5.11 Å². The van der Waals surface area contributed by atoms with Crippen LogP contribution in [0.1, 0.15) is 17.6 Å². The summed E-state index contributed by atoms with van der Waals surface area (Å²) in [4.78, 5) is 3.36. The molecule has 66 valence electrons. The Balaban J connectivity index is 3.14. The van der Waals surface area contributed by atoms with Gasteiger partial charge in [0.15, 0.2) is 0 Å². The first kappa shape index (κ1) is 8.99. The molecule has 0 saturated carbocycles. The number of hydrogen-bond donors (Lipinski definition) is 1. The van der Waals surface area contributed by atoms with Crippen LogP contribution in [0.3, 0.4) is 0 Å². The summed E-state index contributed by atoms with van der Waals surface area (Å²) in [5, 5.41) is 8.50. The first-order valence-corrected chi connectivity index (χ1v) is 3.18. The molecule has 0 atom stereocenters. The van der Waals surface area contributed by atoms with Crippen molar-refractivity contribution in [2.75, 3.05) is 0 Å². The van der Waals surface area contributed by atoms with E-state index in [1.807, 2.05) is 0 Å². The van der Waals surface area contributed by atoms with Gasteiger partial charge >= 0.3 is 0 Å². The highest BCUT2D eigenvalue weighted by atomic mass is 19.3. The summed E-state index contributed by atoms with van der Waals surface area (Å²) >= 11 is 0. The van der Waals surface area contributed by atoms with Crippen LogP contribution in [0.25, 0.3) is 0 Å². The first-order chi connectivity index (χ1) is 5.66. The van der Waals surface area contributed by atoms with Gasteiger partial charge in [-0.25, -0.2) is 13.2 Å². The van der Waals surface area contributed by atoms with E-state index in [9.17, 15) is 13.2 Å². The third-order valence-corrected chi connectivity index (χ3v) is 1.38. The van der Waals surface area contributed by atoms with Gasteiger partial charge in [-0.3, -0.25) is 4.98 Å². The first-order valence-electron chi connectivity index (χ1n) is 3.18. The largest absolute Gasteiger partial charge is 0.392 e. The molecule has 0 saturated heterocycles. The number of nitrogens with zero attached hydrogens (tertiary/aromatic N) is 1. The molecule has 1 heterocycles. The maximum atomic E-state index is 12.8. The third kappa shape index (κ3) is 1.55. The molecule has 0 bridgehead atoms. The Morgan fingerprint density at radius 3 is 2.58 bits per heavy atom. The Morgan fingerprint density at radius 1 is 1.42 bits per heavy atom. The van der Waals surface area contributed by atoms with Gasteiger partial charge in [0.2, 0.25) is 0 Å². The van der Waals surface area contributed by atoms with Gasteiger partial charge in [-0.2, -0.15) is 0 Å². The number of aliphatic hydroxyl groups excluding tert-OH is 1. The number of aromatic nitrogens is 1. The molecule has 0 spiro atoms. The molecule has 12 heavy (non-hydrogen) atoms. The monoisotopic (exact) mass is 177 g/mol. The molecule has 1 aromatic rings. The van der Waals surface area contributed by atoms with E-state index >= 15 is 0 Å². The Hall–Kier alpha value is -1.10. The molecule has 0 aliphatic heterocycles. The van der Waals surface area contributed by atoms with Crippen molar-refractivity contribution in [3.63, 3.8) is 0 Å². The molecular formula is C7H6F3NO. The van der Waals surface area contributed by atoms with Gasteiger partial charge in [0.1, 0.15) is 5.82 Å². The maximum absolute atomic E-state index is 12.8. The molecule has 0 amide bonds. The van der Waals surface area contributed by atoms with Gasteiger partial charge in [0, 0.05) is 18.0 Å². The molecular weight excluding hydrogens is 171 g/mol. The lowest BCUT2D eigenvalue weighted by Crippen LogP contribution is -1.98. The van der Waals surface area contributed by atoms with Crippen molar-refractivity contribution in [1.29, 1.82) is 0 Å². The second kappa shape index (κ2) is 3.53. The fourth-order valence-electron chi connectivity index (χ4n) is 0.769. The Labute approximate surface area is 66.7 Å². The lowest BCUT2D eigenvalue weighted by atomic mass is 10.2. The lowest BCUT2D eigenvalue weighted by Gasteiger charge is -2.03. The van der Waals surface area contributed by atoms with Crippen molar-refractivity contribution in [3.05, 3.63) is 29.3 Å². The molecule has 0 aromatic carbocycles. The number of hydrogen-bond acceptors (Lipinski definition) is 2. The molecule has 1 aromatic heterocycles. The normalized spacial score (nSPS) is 10.8. The second-order valence-corrected chi connectivity index (χ2v) is 2.16. The summed E-state index contributed by atoms with van der Waals surface area (Å²) in [6.07, 6.45) is -1.13. The minimum Gasteiger partial charge on any atom is -0.392 e. The zero-order valence-electron chi connectivity index (χ0n) is 5.97. The van der Waals surface area contributed by atoms with Crippen molar-refractivity contribution in [2.45, 2.75) is 13.0 Å². The quantitative estimate of drug-likeness (QED) is 0.745. The number of aliphatic hydroxyl groups is 1. The molecule has 0 unspecified atom stereocenters. The average Bonchev–Trinajstić information content (AvgIpc) is 2.04. The van der Waals surface area contributed by atoms with Crippen LogP contribution in [0.4, 0.5) is 13.2 Å².